The third-order valence-electron chi connectivity index (χ3n) is 6.08. The molecule has 0 spiro atoms. The van der Waals surface area contributed by atoms with Crippen molar-refractivity contribution in [3.63, 3.8) is 0 Å². The van der Waals surface area contributed by atoms with Gasteiger partial charge in [-0.2, -0.15) is 5.10 Å². The number of hydrogen-bond acceptors (Lipinski definition) is 3. The minimum Gasteiger partial charge on any atom is -0.342 e. The van der Waals surface area contributed by atoms with Crippen LogP contribution in [0.2, 0.25) is 0 Å². The van der Waals surface area contributed by atoms with Gasteiger partial charge in [-0.1, -0.05) is 18.6 Å². The number of likely N-dealkylation sites (tertiary alicyclic amines) is 1. The van der Waals surface area contributed by atoms with Crippen LogP contribution in [-0.4, -0.2) is 40.1 Å². The second-order valence-corrected chi connectivity index (χ2v) is 7.93. The lowest BCUT2D eigenvalue weighted by Gasteiger charge is -2.36. The fourth-order valence-electron chi connectivity index (χ4n) is 4.59. The first kappa shape index (κ1) is 20.8. The van der Waals surface area contributed by atoms with Crippen LogP contribution < -0.4 is 5.73 Å². The Balaban J connectivity index is 0.00000225. The van der Waals surface area contributed by atoms with Gasteiger partial charge in [0.25, 0.3) is 0 Å². The van der Waals surface area contributed by atoms with E-state index in [-0.39, 0.29) is 36.1 Å². The molecule has 152 valence electrons. The molecular formula is C21H28ClFN4O. The number of benzene rings is 1. The van der Waals surface area contributed by atoms with Crippen LogP contribution in [0.25, 0.3) is 11.1 Å². The molecule has 0 radical (unpaired) electrons. The quantitative estimate of drug-likeness (QED) is 0.812. The van der Waals surface area contributed by atoms with Gasteiger partial charge < -0.3 is 10.6 Å². The molecule has 3 N–H and O–H groups in total. The van der Waals surface area contributed by atoms with E-state index < -0.39 is 0 Å². The number of halogens is 2. The van der Waals surface area contributed by atoms with Crippen LogP contribution in [0, 0.1) is 11.7 Å². The lowest BCUT2D eigenvalue weighted by atomic mass is 9.84. The predicted octanol–water partition coefficient (Wildman–Crippen LogP) is 3.86. The van der Waals surface area contributed by atoms with Crippen LogP contribution in [0.4, 0.5) is 4.39 Å². The average molecular weight is 407 g/mol. The molecule has 1 saturated carbocycles. The zero-order valence-corrected chi connectivity index (χ0v) is 16.8. The minimum absolute atomic E-state index is 0. The summed E-state index contributed by atoms with van der Waals surface area (Å²) in [7, 11) is 0. The van der Waals surface area contributed by atoms with Crippen molar-refractivity contribution in [3.8, 4) is 11.1 Å². The summed E-state index contributed by atoms with van der Waals surface area (Å²) in [5.74, 6) is 0.438. The Hall–Kier alpha value is -1.92. The average Bonchev–Trinajstić information content (AvgIpc) is 3.17. The van der Waals surface area contributed by atoms with Gasteiger partial charge in [0.05, 0.1) is 6.20 Å². The summed E-state index contributed by atoms with van der Waals surface area (Å²) < 4.78 is 13.6. The van der Waals surface area contributed by atoms with E-state index in [4.69, 9.17) is 5.73 Å². The molecule has 1 aromatic carbocycles. The highest BCUT2D eigenvalue weighted by Crippen LogP contribution is 2.35. The van der Waals surface area contributed by atoms with Crippen LogP contribution >= 0.6 is 12.4 Å². The summed E-state index contributed by atoms with van der Waals surface area (Å²) in [5.41, 5.74) is 8.90. The van der Waals surface area contributed by atoms with Crippen LogP contribution in [0.1, 0.15) is 50.1 Å². The third-order valence-corrected chi connectivity index (χ3v) is 6.08. The van der Waals surface area contributed by atoms with Crippen LogP contribution in [0.3, 0.4) is 0 Å². The van der Waals surface area contributed by atoms with Crippen molar-refractivity contribution >= 4 is 18.3 Å². The number of amides is 1. The van der Waals surface area contributed by atoms with Gasteiger partial charge in [0.1, 0.15) is 5.82 Å². The number of nitrogens with two attached hydrogens (primary N) is 1. The topological polar surface area (TPSA) is 75.0 Å². The van der Waals surface area contributed by atoms with E-state index in [9.17, 15) is 9.18 Å². The monoisotopic (exact) mass is 406 g/mol. The van der Waals surface area contributed by atoms with Crippen LogP contribution in [0.15, 0.2) is 30.5 Å². The Morgan fingerprint density at radius 3 is 2.71 bits per heavy atom. The molecule has 28 heavy (non-hydrogen) atoms. The standard InChI is InChI=1S/C21H27FN4O.ClH/c22-17-5-1-3-15(11-17)19-13-24-25-20(19)14-7-9-26(10-8-14)21(27)16-4-2-6-18(23)12-16;/h1,3,5,11,13-14,16,18H,2,4,6-10,12,23H2,(H,24,25);1H/t16-,18+;/m1./s1. The SMILES string of the molecule is Cl.N[C@H]1CCC[C@@H](C(=O)N2CCC(c3[nH]ncc3-c3cccc(F)c3)CC2)C1. The van der Waals surface area contributed by atoms with Gasteiger partial charge in [0, 0.05) is 42.2 Å². The summed E-state index contributed by atoms with van der Waals surface area (Å²) in [6.07, 6.45) is 7.45. The summed E-state index contributed by atoms with van der Waals surface area (Å²) in [4.78, 5) is 14.8. The first-order valence-electron chi connectivity index (χ1n) is 9.95. The normalized spacial score (nSPS) is 23.3. The highest BCUT2D eigenvalue weighted by molar-refractivity contribution is 5.85. The van der Waals surface area contributed by atoms with Crippen LogP contribution in [-0.2, 0) is 4.79 Å². The molecule has 1 saturated heterocycles. The molecule has 0 unspecified atom stereocenters. The predicted molar refractivity (Wildman–Crippen MR) is 110 cm³/mol. The number of aromatic nitrogens is 2. The smallest absolute Gasteiger partial charge is 0.225 e. The Morgan fingerprint density at radius 2 is 2.00 bits per heavy atom. The highest BCUT2D eigenvalue weighted by atomic mass is 35.5. The molecule has 2 aliphatic rings. The van der Waals surface area contributed by atoms with Gasteiger partial charge in [-0.05, 0) is 49.8 Å². The number of carbonyl (C=O) groups excluding carboxylic acids is 1. The Labute approximate surface area is 171 Å². The molecule has 5 nitrogen and oxygen atoms in total. The zero-order chi connectivity index (χ0) is 18.8. The van der Waals surface area contributed by atoms with Crippen LogP contribution in [0.5, 0.6) is 0 Å². The maximum Gasteiger partial charge on any atom is 0.225 e. The largest absolute Gasteiger partial charge is 0.342 e. The maximum atomic E-state index is 13.6. The molecule has 0 bridgehead atoms. The summed E-state index contributed by atoms with van der Waals surface area (Å²) in [6.45, 7) is 1.52. The number of rotatable bonds is 3. The van der Waals surface area contributed by atoms with Gasteiger partial charge in [0.15, 0.2) is 0 Å². The number of hydrogen-bond donors (Lipinski definition) is 2. The first-order chi connectivity index (χ1) is 13.1. The van der Waals surface area contributed by atoms with Gasteiger partial charge in [-0.25, -0.2) is 4.39 Å². The summed E-state index contributed by atoms with van der Waals surface area (Å²) in [6, 6.07) is 6.79. The van der Waals surface area contributed by atoms with E-state index >= 15 is 0 Å². The number of H-pyrrole nitrogens is 1. The Morgan fingerprint density at radius 1 is 1.21 bits per heavy atom. The van der Waals surface area contributed by atoms with Gasteiger partial charge in [-0.3, -0.25) is 9.89 Å². The van der Waals surface area contributed by atoms with E-state index in [1.807, 2.05) is 11.0 Å². The number of piperidine rings is 1. The molecule has 2 atom stereocenters. The van der Waals surface area contributed by atoms with E-state index in [1.165, 1.54) is 6.07 Å². The van der Waals surface area contributed by atoms with E-state index in [2.05, 4.69) is 10.2 Å². The number of nitrogens with zero attached hydrogens (tertiary/aromatic N) is 2. The molecule has 2 aromatic rings. The fourth-order valence-corrected chi connectivity index (χ4v) is 4.59. The third kappa shape index (κ3) is 4.39. The number of nitrogens with one attached hydrogen (secondary N) is 1. The molecule has 2 fully saturated rings. The molecule has 7 heteroatoms. The molecule has 2 heterocycles. The zero-order valence-electron chi connectivity index (χ0n) is 15.9. The van der Waals surface area contributed by atoms with Gasteiger partial charge in [0.2, 0.25) is 5.91 Å². The van der Waals surface area contributed by atoms with Crippen molar-refractivity contribution in [2.45, 2.75) is 50.5 Å². The Bertz CT molecular complexity index is 803. The number of aromatic amines is 1. The number of carbonyl (C=O) groups is 1. The molecule has 4 rings (SSSR count). The van der Waals surface area contributed by atoms with Crippen molar-refractivity contribution < 1.29 is 9.18 Å². The maximum absolute atomic E-state index is 13.6. The van der Waals surface area contributed by atoms with Crippen molar-refractivity contribution in [1.29, 1.82) is 0 Å². The first-order valence-corrected chi connectivity index (χ1v) is 9.95. The minimum atomic E-state index is -0.245. The van der Waals surface area contributed by atoms with Crippen molar-refractivity contribution in [1.82, 2.24) is 15.1 Å². The lowest BCUT2D eigenvalue weighted by Crippen LogP contribution is -2.44. The molecule has 1 aliphatic heterocycles. The van der Waals surface area contributed by atoms with E-state index in [1.54, 1.807) is 18.3 Å². The molecule has 1 aliphatic carbocycles. The molecule has 1 amide bonds. The van der Waals surface area contributed by atoms with Gasteiger partial charge in [-0.15, -0.1) is 12.4 Å². The Kier molecular flexibility index (Phi) is 6.73. The highest BCUT2D eigenvalue weighted by Gasteiger charge is 2.32. The molecule has 1 aromatic heterocycles. The van der Waals surface area contributed by atoms with Crippen molar-refractivity contribution in [2.75, 3.05) is 13.1 Å². The second kappa shape index (κ2) is 9.05. The second-order valence-electron chi connectivity index (χ2n) is 7.93. The van der Waals surface area contributed by atoms with E-state index in [0.29, 0.717) is 5.92 Å². The van der Waals surface area contributed by atoms with Crippen molar-refractivity contribution in [2.24, 2.45) is 11.7 Å². The van der Waals surface area contributed by atoms with E-state index in [0.717, 1.165) is 68.4 Å². The fraction of sp³-hybridized carbons (Fsp3) is 0.524. The molecular weight excluding hydrogens is 379 g/mol. The van der Waals surface area contributed by atoms with Gasteiger partial charge >= 0.3 is 0 Å². The van der Waals surface area contributed by atoms with Crippen molar-refractivity contribution in [3.05, 3.63) is 42.0 Å². The summed E-state index contributed by atoms with van der Waals surface area (Å²) in [5, 5.41) is 7.31. The lowest BCUT2D eigenvalue weighted by molar-refractivity contribution is -0.137. The summed E-state index contributed by atoms with van der Waals surface area (Å²) >= 11 is 0.